The molecule has 0 aromatic rings. The highest BCUT2D eigenvalue weighted by Gasteiger charge is 2.03. The number of rotatable bonds is 6. The van der Waals surface area contributed by atoms with Gasteiger partial charge in [0, 0.05) is 7.97 Å². The summed E-state index contributed by atoms with van der Waals surface area (Å²) in [5.41, 5.74) is 1.04. The van der Waals surface area contributed by atoms with Crippen molar-refractivity contribution in [3.05, 3.63) is 37.0 Å². The molecule has 86 valence electrons. The average molecular weight is 211 g/mol. The number of amides is 1. The Labute approximate surface area is 93.0 Å². The van der Waals surface area contributed by atoms with Crippen molar-refractivity contribution < 1.29 is 11.0 Å². The Morgan fingerprint density at radius 3 is 2.67 bits per heavy atom. The van der Waals surface area contributed by atoms with Gasteiger partial charge in [0.1, 0.15) is 0 Å². The summed E-state index contributed by atoms with van der Waals surface area (Å²) in [5.74, 6) is 0. The molecule has 0 aliphatic heterocycles. The normalized spacial score (nSPS) is 11.0. The lowest BCUT2D eigenvalue weighted by atomic mass is 10.2. The van der Waals surface area contributed by atoms with Crippen LogP contribution in [0.1, 0.15) is 21.7 Å². The number of carbonyl (C=O) groups is 1. The zero-order valence-corrected chi connectivity index (χ0v) is 9.45. The van der Waals surface area contributed by atoms with E-state index in [0.29, 0.717) is 6.54 Å². The first-order chi connectivity index (χ1) is 7.10. The number of hydrogen-bond donors (Lipinski definition) is 1. The number of carbonyl (C=O) groups excluding carboxylic acids is 1. The Morgan fingerprint density at radius 1 is 1.53 bits per heavy atom. The summed E-state index contributed by atoms with van der Waals surface area (Å²) in [6.07, 6.45) is 5.56. The minimum atomic E-state index is -0.382. The lowest BCUT2D eigenvalue weighted by Crippen LogP contribution is -2.27. The Hall–Kier alpha value is -1.51. The van der Waals surface area contributed by atoms with Crippen LogP contribution in [0, 0.1) is 0 Å². The van der Waals surface area contributed by atoms with Gasteiger partial charge in [-0.05, 0) is 25.8 Å². The van der Waals surface area contributed by atoms with Gasteiger partial charge >= 0.3 is 6.09 Å². The summed E-state index contributed by atoms with van der Waals surface area (Å²) in [5, 5.41) is 2.65. The number of allylic oxidation sites excluding steroid dienone is 3. The Morgan fingerprint density at radius 2 is 2.20 bits per heavy atom. The van der Waals surface area contributed by atoms with Crippen molar-refractivity contribution in [3.63, 3.8) is 0 Å². The average Bonchev–Trinajstić information content (AvgIpc) is 2.15. The van der Waals surface area contributed by atoms with Crippen molar-refractivity contribution in [1.29, 1.82) is 0 Å². The van der Waals surface area contributed by atoms with Gasteiger partial charge in [-0.1, -0.05) is 31.4 Å². The minimum absolute atomic E-state index is 0. The van der Waals surface area contributed by atoms with Crippen LogP contribution in [0.3, 0.4) is 0 Å². The molecule has 0 aliphatic rings. The molecule has 0 radical (unpaired) electrons. The van der Waals surface area contributed by atoms with E-state index in [-0.39, 0.29) is 13.6 Å². The van der Waals surface area contributed by atoms with E-state index >= 15 is 0 Å². The number of hydrogen-bond acceptors (Lipinski definition) is 2. The molecule has 0 saturated carbocycles. The zero-order valence-electron chi connectivity index (χ0n) is 9.45. The van der Waals surface area contributed by atoms with Crippen LogP contribution in [0.25, 0.3) is 0 Å². The summed E-state index contributed by atoms with van der Waals surface area (Å²) in [6, 6.07) is 0. The Kier molecular flexibility index (Phi) is 7.06. The monoisotopic (exact) mass is 211 g/mol. The van der Waals surface area contributed by atoms with E-state index in [1.54, 1.807) is 12.2 Å². The molecule has 3 nitrogen and oxygen atoms in total. The van der Waals surface area contributed by atoms with E-state index in [1.165, 1.54) is 0 Å². The van der Waals surface area contributed by atoms with Gasteiger partial charge < -0.3 is 10.1 Å². The lowest BCUT2D eigenvalue weighted by molar-refractivity contribution is 0.116. The number of alkyl carbamates (subject to hydrolysis) is 1. The topological polar surface area (TPSA) is 38.3 Å². The summed E-state index contributed by atoms with van der Waals surface area (Å²) in [4.78, 5) is 11.1. The van der Waals surface area contributed by atoms with Crippen LogP contribution in [0.2, 0.25) is 0 Å². The molecule has 0 saturated heterocycles. The van der Waals surface area contributed by atoms with Gasteiger partial charge in [-0.15, -0.1) is 0 Å². The van der Waals surface area contributed by atoms with Crippen molar-refractivity contribution in [2.45, 2.75) is 26.4 Å². The maximum absolute atomic E-state index is 11.1. The molecule has 15 heavy (non-hydrogen) atoms. The zero-order chi connectivity index (χ0) is 11.7. The van der Waals surface area contributed by atoms with Crippen LogP contribution in [-0.2, 0) is 4.74 Å². The van der Waals surface area contributed by atoms with Gasteiger partial charge in [0.05, 0.1) is 6.10 Å². The molecule has 0 atom stereocenters. The summed E-state index contributed by atoms with van der Waals surface area (Å²) in [7, 11) is 0. The van der Waals surface area contributed by atoms with E-state index in [9.17, 15) is 4.79 Å². The first kappa shape index (κ1) is 13.5. The van der Waals surface area contributed by atoms with Crippen molar-refractivity contribution >= 4 is 6.09 Å². The lowest BCUT2D eigenvalue weighted by Gasteiger charge is -2.09. The molecule has 0 fully saturated rings. The summed E-state index contributed by atoms with van der Waals surface area (Å²) >= 11 is 0. The first-order valence-corrected chi connectivity index (χ1v) is 4.98. The summed E-state index contributed by atoms with van der Waals surface area (Å²) < 4.78 is 4.91. The van der Waals surface area contributed by atoms with E-state index in [0.717, 1.165) is 12.0 Å². The highest BCUT2D eigenvalue weighted by molar-refractivity contribution is 5.67. The third-order valence-corrected chi connectivity index (χ3v) is 1.62. The van der Waals surface area contributed by atoms with Crippen LogP contribution in [-0.4, -0.2) is 18.7 Å². The predicted molar refractivity (Wildman–Crippen MR) is 64.8 cm³/mol. The second-order valence-electron chi connectivity index (χ2n) is 3.31. The number of ether oxygens (including phenoxy) is 1. The number of nitrogens with one attached hydrogen (secondary N) is 1. The van der Waals surface area contributed by atoms with Gasteiger partial charge in [0.2, 0.25) is 0 Å². The van der Waals surface area contributed by atoms with Crippen LogP contribution in [0.15, 0.2) is 37.0 Å². The predicted octanol–water partition coefficient (Wildman–Crippen LogP) is 3.06. The van der Waals surface area contributed by atoms with Gasteiger partial charge in [0.15, 0.2) is 0 Å². The molecule has 0 aliphatic carbocycles. The van der Waals surface area contributed by atoms with Gasteiger partial charge in [-0.25, -0.2) is 4.79 Å². The fourth-order valence-corrected chi connectivity index (χ4v) is 0.969. The molecule has 0 spiro atoms. The standard InChI is InChI=1S/C12H19NO2.H2/c1-5-7-11(6-2)8-9-13-12(14)15-10(3)4;/h5-7,10H,1-2,8-9H2,3-4H3,(H,13,14);1H/b11-7+;. The third-order valence-electron chi connectivity index (χ3n) is 1.62. The van der Waals surface area contributed by atoms with E-state index in [1.807, 2.05) is 19.9 Å². The van der Waals surface area contributed by atoms with Gasteiger partial charge in [-0.3, -0.25) is 0 Å². The SMILES string of the molecule is C=C/C=C(\C=C)CCNC(=O)OC(C)C.[HH]. The molecule has 1 N–H and O–H groups in total. The van der Waals surface area contributed by atoms with Crippen molar-refractivity contribution in [2.75, 3.05) is 6.54 Å². The first-order valence-electron chi connectivity index (χ1n) is 4.98. The van der Waals surface area contributed by atoms with Crippen molar-refractivity contribution in [2.24, 2.45) is 0 Å². The second-order valence-corrected chi connectivity index (χ2v) is 3.31. The highest BCUT2D eigenvalue weighted by atomic mass is 16.6. The van der Waals surface area contributed by atoms with Crippen molar-refractivity contribution in [3.8, 4) is 0 Å². The molecule has 0 aromatic carbocycles. The second kappa shape index (κ2) is 7.85. The van der Waals surface area contributed by atoms with Gasteiger partial charge in [0.25, 0.3) is 0 Å². The van der Waals surface area contributed by atoms with E-state index < -0.39 is 0 Å². The fourth-order valence-electron chi connectivity index (χ4n) is 0.969. The summed E-state index contributed by atoms with van der Waals surface area (Å²) in [6.45, 7) is 11.4. The van der Waals surface area contributed by atoms with E-state index in [4.69, 9.17) is 4.74 Å². The van der Waals surface area contributed by atoms with Gasteiger partial charge in [-0.2, -0.15) is 0 Å². The largest absolute Gasteiger partial charge is 0.447 e. The van der Waals surface area contributed by atoms with Crippen LogP contribution in [0.5, 0.6) is 0 Å². The maximum atomic E-state index is 11.1. The van der Waals surface area contributed by atoms with Crippen LogP contribution >= 0.6 is 0 Å². The quantitative estimate of drug-likeness (QED) is 0.686. The van der Waals surface area contributed by atoms with E-state index in [2.05, 4.69) is 18.5 Å². The molecule has 0 bridgehead atoms. The molecule has 0 heterocycles. The smallest absolute Gasteiger partial charge is 0.407 e. The fraction of sp³-hybridized carbons (Fsp3) is 0.417. The molecule has 3 heteroatoms. The Bertz CT molecular complexity index is 260. The maximum Gasteiger partial charge on any atom is 0.407 e. The van der Waals surface area contributed by atoms with Crippen molar-refractivity contribution in [1.82, 2.24) is 5.32 Å². The molecule has 0 aromatic heterocycles. The third kappa shape index (κ3) is 7.55. The molecular formula is C12H21NO2. The molecule has 1 amide bonds. The Balaban J connectivity index is 0. The minimum Gasteiger partial charge on any atom is -0.447 e. The highest BCUT2D eigenvalue weighted by Crippen LogP contribution is 2.01. The molecular weight excluding hydrogens is 190 g/mol. The van der Waals surface area contributed by atoms with Crippen LogP contribution in [0.4, 0.5) is 4.79 Å². The molecule has 0 unspecified atom stereocenters. The van der Waals surface area contributed by atoms with Crippen LogP contribution < -0.4 is 5.32 Å². The molecule has 0 rings (SSSR count).